The van der Waals surface area contributed by atoms with Gasteiger partial charge in [-0.2, -0.15) is 0 Å². The van der Waals surface area contributed by atoms with Gasteiger partial charge in [0.1, 0.15) is 17.9 Å². The van der Waals surface area contributed by atoms with Gasteiger partial charge in [0.2, 0.25) is 11.8 Å². The van der Waals surface area contributed by atoms with Crippen LogP contribution in [0.3, 0.4) is 0 Å². The number of amides is 1. The minimum atomic E-state index is -0.651. The molecule has 0 unspecified atom stereocenters. The van der Waals surface area contributed by atoms with E-state index in [1.165, 1.54) is 11.5 Å². The van der Waals surface area contributed by atoms with Gasteiger partial charge in [-0.05, 0) is 25.1 Å². The average molecular weight is 398 g/mol. The molecule has 4 heterocycles. The number of nitrogens with zero attached hydrogens (tertiary/aromatic N) is 4. The molecule has 4 aromatic rings. The third kappa shape index (κ3) is 1.94. The van der Waals surface area contributed by atoms with Crippen LogP contribution in [0.4, 0.5) is 0 Å². The zero-order valence-electron chi connectivity index (χ0n) is 16.5. The Balaban J connectivity index is 1.75. The number of hydrogen-bond acceptors (Lipinski definition) is 4. The van der Waals surface area contributed by atoms with Crippen LogP contribution in [0.1, 0.15) is 47.8 Å². The molecule has 2 atom stereocenters. The molecular formula is C23H18N4O3. The summed E-state index contributed by atoms with van der Waals surface area (Å²) >= 11 is 0. The predicted octanol–water partition coefficient (Wildman–Crippen LogP) is 3.02. The molecule has 2 aromatic heterocycles. The van der Waals surface area contributed by atoms with Crippen molar-refractivity contribution < 1.29 is 9.59 Å². The molecule has 1 amide bonds. The van der Waals surface area contributed by atoms with Crippen LogP contribution in [0.25, 0.3) is 21.8 Å². The molecule has 0 radical (unpaired) electrons. The van der Waals surface area contributed by atoms with E-state index in [-0.39, 0.29) is 17.4 Å². The van der Waals surface area contributed by atoms with Gasteiger partial charge in [-0.1, -0.05) is 30.3 Å². The lowest BCUT2D eigenvalue weighted by Gasteiger charge is -2.36. The van der Waals surface area contributed by atoms with E-state index in [4.69, 9.17) is 4.98 Å². The second kappa shape index (κ2) is 5.66. The molecule has 7 nitrogen and oxygen atoms in total. The van der Waals surface area contributed by atoms with E-state index in [0.29, 0.717) is 23.3 Å². The Bertz CT molecular complexity index is 1480. The summed E-state index contributed by atoms with van der Waals surface area (Å²) < 4.78 is 3.17. The Labute approximate surface area is 171 Å². The van der Waals surface area contributed by atoms with Crippen molar-refractivity contribution in [2.45, 2.75) is 32.5 Å². The first-order chi connectivity index (χ1) is 14.5. The molecule has 0 N–H and O–H groups in total. The normalized spacial score (nSPS) is 19.8. The first-order valence-electron chi connectivity index (χ1n) is 9.94. The number of benzene rings is 2. The highest BCUT2D eigenvalue weighted by molar-refractivity contribution is 5.97. The summed E-state index contributed by atoms with van der Waals surface area (Å²) in [5.41, 5.74) is 2.86. The molecule has 7 heteroatoms. The van der Waals surface area contributed by atoms with E-state index in [9.17, 15) is 14.4 Å². The SMILES string of the molecule is CC(=O)n1c2c(c3ccccc31)CN1C(=O)[C@H](C)n3c(nc4ccccc4c3=O)[C@H]21. The maximum Gasteiger partial charge on any atom is 0.262 e. The number of para-hydroxylation sites is 2. The van der Waals surface area contributed by atoms with Gasteiger partial charge in [0.05, 0.1) is 22.1 Å². The largest absolute Gasteiger partial charge is 0.321 e. The molecule has 148 valence electrons. The van der Waals surface area contributed by atoms with Crippen LogP contribution in [0, 0.1) is 0 Å². The predicted molar refractivity (Wildman–Crippen MR) is 111 cm³/mol. The topological polar surface area (TPSA) is 77.2 Å². The van der Waals surface area contributed by atoms with E-state index in [0.717, 1.165) is 22.2 Å². The zero-order chi connectivity index (χ0) is 20.7. The molecule has 0 aliphatic carbocycles. The molecule has 0 bridgehead atoms. The van der Waals surface area contributed by atoms with Crippen molar-refractivity contribution in [3.8, 4) is 0 Å². The molecule has 0 saturated heterocycles. The highest BCUT2D eigenvalue weighted by atomic mass is 16.2. The van der Waals surface area contributed by atoms with Crippen LogP contribution in [-0.4, -0.2) is 30.8 Å². The van der Waals surface area contributed by atoms with Gasteiger partial charge >= 0.3 is 0 Å². The fourth-order valence-electron chi connectivity index (χ4n) is 5.08. The average Bonchev–Trinajstić information content (AvgIpc) is 3.27. The summed E-state index contributed by atoms with van der Waals surface area (Å²) in [6.07, 6.45) is 0. The third-order valence-corrected chi connectivity index (χ3v) is 6.34. The van der Waals surface area contributed by atoms with E-state index in [2.05, 4.69) is 0 Å². The standard InChI is InChI=1S/C23H18N4O3/c1-12-22(29)25-11-16-14-7-4-6-10-18(14)27(13(2)28)19(16)20(25)21-24-17-9-5-3-8-15(17)23(30)26(12)21/h3-10,12,20H,11H2,1-2H3/t12-,20-/m0/s1. The Kier molecular flexibility index (Phi) is 3.23. The van der Waals surface area contributed by atoms with Crippen LogP contribution < -0.4 is 5.56 Å². The lowest BCUT2D eigenvalue weighted by molar-refractivity contribution is -0.138. The van der Waals surface area contributed by atoms with E-state index in [1.54, 1.807) is 34.6 Å². The van der Waals surface area contributed by atoms with Crippen molar-refractivity contribution in [3.05, 3.63) is 76.0 Å². The monoisotopic (exact) mass is 398 g/mol. The minimum Gasteiger partial charge on any atom is -0.321 e. The second-order valence-corrected chi connectivity index (χ2v) is 7.94. The number of rotatable bonds is 0. The molecule has 2 aliphatic heterocycles. The van der Waals surface area contributed by atoms with E-state index in [1.807, 2.05) is 30.3 Å². The fraction of sp³-hybridized carbons (Fsp3) is 0.217. The van der Waals surface area contributed by atoms with Crippen LogP contribution >= 0.6 is 0 Å². The lowest BCUT2D eigenvalue weighted by Crippen LogP contribution is -2.47. The first-order valence-corrected chi connectivity index (χ1v) is 9.94. The summed E-state index contributed by atoms with van der Waals surface area (Å²) in [4.78, 5) is 45.8. The Morgan fingerprint density at radius 3 is 2.50 bits per heavy atom. The van der Waals surface area contributed by atoms with Crippen LogP contribution in [0.15, 0.2) is 53.3 Å². The van der Waals surface area contributed by atoms with E-state index >= 15 is 0 Å². The highest BCUT2D eigenvalue weighted by Crippen LogP contribution is 2.46. The summed E-state index contributed by atoms with van der Waals surface area (Å²) in [6.45, 7) is 3.65. The molecule has 2 aromatic carbocycles. The van der Waals surface area contributed by atoms with Crippen LogP contribution in [0.5, 0.6) is 0 Å². The maximum atomic E-state index is 13.3. The quantitative estimate of drug-likeness (QED) is 0.456. The van der Waals surface area contributed by atoms with Crippen molar-refractivity contribution in [2.24, 2.45) is 0 Å². The highest BCUT2D eigenvalue weighted by Gasteiger charge is 2.47. The van der Waals surface area contributed by atoms with Gasteiger partial charge in [-0.15, -0.1) is 0 Å². The van der Waals surface area contributed by atoms with Crippen molar-refractivity contribution in [1.82, 2.24) is 19.0 Å². The number of hydrogen-bond donors (Lipinski definition) is 0. The molecule has 0 fully saturated rings. The summed E-state index contributed by atoms with van der Waals surface area (Å²) in [6, 6.07) is 13.7. The van der Waals surface area contributed by atoms with Gasteiger partial charge in [0, 0.05) is 24.4 Å². The minimum absolute atomic E-state index is 0.130. The van der Waals surface area contributed by atoms with Gasteiger partial charge in [-0.3, -0.25) is 23.5 Å². The smallest absolute Gasteiger partial charge is 0.262 e. The molecule has 2 aliphatic rings. The van der Waals surface area contributed by atoms with Gasteiger partial charge in [0.15, 0.2) is 0 Å². The number of fused-ring (bicyclic) bond motifs is 8. The molecule has 0 spiro atoms. The lowest BCUT2D eigenvalue weighted by atomic mass is 10.1. The number of aromatic nitrogens is 3. The zero-order valence-corrected chi connectivity index (χ0v) is 16.5. The first kappa shape index (κ1) is 17.1. The molecular weight excluding hydrogens is 380 g/mol. The summed E-state index contributed by atoms with van der Waals surface area (Å²) in [7, 11) is 0. The Hall–Kier alpha value is -3.74. The molecule has 6 rings (SSSR count). The number of carbonyl (C=O) groups is 2. The van der Waals surface area contributed by atoms with Crippen LogP contribution in [-0.2, 0) is 11.3 Å². The van der Waals surface area contributed by atoms with Crippen molar-refractivity contribution in [3.63, 3.8) is 0 Å². The third-order valence-electron chi connectivity index (χ3n) is 6.34. The second-order valence-electron chi connectivity index (χ2n) is 7.94. The molecule has 0 saturated carbocycles. The van der Waals surface area contributed by atoms with Crippen molar-refractivity contribution >= 4 is 33.6 Å². The number of carbonyl (C=O) groups excluding carboxylic acids is 2. The Morgan fingerprint density at radius 1 is 1.03 bits per heavy atom. The summed E-state index contributed by atoms with van der Waals surface area (Å²) in [5, 5.41) is 1.44. The fourth-order valence-corrected chi connectivity index (χ4v) is 5.08. The Morgan fingerprint density at radius 2 is 1.73 bits per heavy atom. The summed E-state index contributed by atoms with van der Waals surface area (Å²) in [5.74, 6) is 0.243. The van der Waals surface area contributed by atoms with Crippen molar-refractivity contribution in [2.75, 3.05) is 0 Å². The molecule has 30 heavy (non-hydrogen) atoms. The van der Waals surface area contributed by atoms with Gasteiger partial charge in [-0.25, -0.2) is 4.98 Å². The van der Waals surface area contributed by atoms with E-state index < -0.39 is 12.1 Å². The maximum absolute atomic E-state index is 13.3. The van der Waals surface area contributed by atoms with Gasteiger partial charge < -0.3 is 4.90 Å². The van der Waals surface area contributed by atoms with Gasteiger partial charge in [0.25, 0.3) is 5.56 Å². The van der Waals surface area contributed by atoms with Crippen molar-refractivity contribution in [1.29, 1.82) is 0 Å². The van der Waals surface area contributed by atoms with Crippen LogP contribution in [0.2, 0.25) is 0 Å².